The molecule has 0 aliphatic heterocycles. The summed E-state index contributed by atoms with van der Waals surface area (Å²) in [5.74, 6) is 0.915. The minimum absolute atomic E-state index is 0.738. The van der Waals surface area contributed by atoms with Gasteiger partial charge in [-0.3, -0.25) is 0 Å². The van der Waals surface area contributed by atoms with E-state index in [1.54, 1.807) is 0 Å². The smallest absolute Gasteiger partial charge is 0.226 e. The molecule has 0 N–H and O–H groups in total. The summed E-state index contributed by atoms with van der Waals surface area (Å²) in [7, 11) is 0. The number of rotatable bonds is 0. The van der Waals surface area contributed by atoms with Gasteiger partial charge in [0.25, 0.3) is 0 Å². The van der Waals surface area contributed by atoms with E-state index in [0.29, 0.717) is 0 Å². The van der Waals surface area contributed by atoms with Crippen molar-refractivity contribution in [3.63, 3.8) is 0 Å². The van der Waals surface area contributed by atoms with Gasteiger partial charge >= 0.3 is 0 Å². The summed E-state index contributed by atoms with van der Waals surface area (Å²) in [5, 5.41) is 1.08. The lowest BCUT2D eigenvalue weighted by Gasteiger charge is -1.88. The summed E-state index contributed by atoms with van der Waals surface area (Å²) in [6, 6.07) is 5.99. The fourth-order valence-electron chi connectivity index (χ4n) is 1.14. The molecule has 0 atom stereocenters. The van der Waals surface area contributed by atoms with Crippen LogP contribution in [0.5, 0.6) is 0 Å². The van der Waals surface area contributed by atoms with Gasteiger partial charge in [-0.05, 0) is 32.0 Å². The Hall–Kier alpha value is -1.31. The highest BCUT2D eigenvalue weighted by Gasteiger charge is 1.99. The highest BCUT2D eigenvalue weighted by Crippen LogP contribution is 2.16. The lowest BCUT2D eigenvalue weighted by atomic mass is 10.3. The van der Waals surface area contributed by atoms with Crippen LogP contribution >= 0.6 is 0 Å². The molecule has 56 valence electrons. The van der Waals surface area contributed by atoms with E-state index >= 15 is 0 Å². The van der Waals surface area contributed by atoms with Crippen molar-refractivity contribution >= 4 is 11.1 Å². The molecule has 0 aromatic carbocycles. The molecule has 0 radical (unpaired) electrons. The average Bonchev–Trinajstić information content (AvgIpc) is 2.27. The van der Waals surface area contributed by atoms with Crippen molar-refractivity contribution in [1.29, 1.82) is 0 Å². The summed E-state index contributed by atoms with van der Waals surface area (Å²) < 4.78 is 5.34. The predicted octanol–water partition coefficient (Wildman–Crippen LogP) is 2.44. The van der Waals surface area contributed by atoms with Gasteiger partial charge in [-0.15, -0.1) is 0 Å². The topological polar surface area (TPSA) is 26.0 Å². The second-order valence-corrected chi connectivity index (χ2v) is 2.70. The molecule has 2 aromatic heterocycles. The van der Waals surface area contributed by atoms with Crippen LogP contribution in [0.2, 0.25) is 0 Å². The first kappa shape index (κ1) is 6.40. The Kier molecular flexibility index (Phi) is 1.22. The first-order valence-electron chi connectivity index (χ1n) is 3.59. The number of nitrogens with zero attached hydrogens (tertiary/aromatic N) is 1. The second kappa shape index (κ2) is 2.09. The molecule has 11 heavy (non-hydrogen) atoms. The monoisotopic (exact) mass is 147 g/mol. The molecule has 2 rings (SSSR count). The molecule has 0 bridgehead atoms. The van der Waals surface area contributed by atoms with Crippen molar-refractivity contribution in [3.8, 4) is 0 Å². The molecule has 0 aliphatic rings. The van der Waals surface area contributed by atoms with Crippen molar-refractivity contribution < 1.29 is 4.42 Å². The van der Waals surface area contributed by atoms with Gasteiger partial charge in [0, 0.05) is 11.1 Å². The van der Waals surface area contributed by atoms with E-state index in [1.165, 1.54) is 0 Å². The normalized spacial score (nSPS) is 10.7. The number of aryl methyl sites for hydroxylation is 2. The largest absolute Gasteiger partial charge is 0.443 e. The third-order valence-electron chi connectivity index (χ3n) is 1.65. The summed E-state index contributed by atoms with van der Waals surface area (Å²) >= 11 is 0. The van der Waals surface area contributed by atoms with Crippen LogP contribution in [0.4, 0.5) is 0 Å². The van der Waals surface area contributed by atoms with Gasteiger partial charge in [-0.1, -0.05) is 0 Å². The van der Waals surface area contributed by atoms with E-state index in [1.807, 2.05) is 32.0 Å². The van der Waals surface area contributed by atoms with Crippen LogP contribution in [-0.4, -0.2) is 4.98 Å². The molecule has 0 saturated heterocycles. The van der Waals surface area contributed by atoms with Gasteiger partial charge in [0.05, 0.1) is 0 Å². The van der Waals surface area contributed by atoms with Crippen LogP contribution in [-0.2, 0) is 0 Å². The van der Waals surface area contributed by atoms with Crippen LogP contribution in [0, 0.1) is 13.8 Å². The number of pyridine rings is 1. The van der Waals surface area contributed by atoms with E-state index in [0.717, 1.165) is 22.6 Å². The Labute approximate surface area is 64.9 Å². The van der Waals surface area contributed by atoms with Gasteiger partial charge in [0.2, 0.25) is 5.71 Å². The molecule has 2 aromatic rings. The molecule has 0 spiro atoms. The van der Waals surface area contributed by atoms with Crippen LogP contribution in [0.3, 0.4) is 0 Å². The maximum Gasteiger partial charge on any atom is 0.226 e. The first-order valence-corrected chi connectivity index (χ1v) is 3.59. The number of hydrogen-bond donors (Lipinski definition) is 0. The summed E-state index contributed by atoms with van der Waals surface area (Å²) in [6.45, 7) is 3.88. The number of hydrogen-bond acceptors (Lipinski definition) is 2. The standard InChI is InChI=1S/C9H9NO/c1-6-3-4-8-5-7(2)11-9(8)10-6/h3-5H,1-2H3. The molecular formula is C9H9NO. The highest BCUT2D eigenvalue weighted by molar-refractivity contribution is 5.73. The highest BCUT2D eigenvalue weighted by atomic mass is 16.3. The van der Waals surface area contributed by atoms with Gasteiger partial charge in [-0.25, -0.2) is 4.98 Å². The molecule has 0 saturated carbocycles. The minimum Gasteiger partial charge on any atom is -0.443 e. The van der Waals surface area contributed by atoms with Crippen LogP contribution in [0.15, 0.2) is 22.6 Å². The second-order valence-electron chi connectivity index (χ2n) is 2.70. The molecule has 2 heteroatoms. The molecular weight excluding hydrogens is 138 g/mol. The lowest BCUT2D eigenvalue weighted by molar-refractivity contribution is 0.567. The van der Waals surface area contributed by atoms with E-state index < -0.39 is 0 Å². The Balaban J connectivity index is 2.82. The van der Waals surface area contributed by atoms with Gasteiger partial charge in [0.1, 0.15) is 5.76 Å². The third kappa shape index (κ3) is 1.00. The van der Waals surface area contributed by atoms with Gasteiger partial charge in [-0.2, -0.15) is 0 Å². The van der Waals surface area contributed by atoms with Crippen LogP contribution in [0.1, 0.15) is 11.5 Å². The van der Waals surface area contributed by atoms with Crippen molar-refractivity contribution in [2.45, 2.75) is 13.8 Å². The third-order valence-corrected chi connectivity index (χ3v) is 1.65. The Morgan fingerprint density at radius 3 is 2.91 bits per heavy atom. The molecule has 2 nitrogen and oxygen atoms in total. The van der Waals surface area contributed by atoms with Crippen molar-refractivity contribution in [3.05, 3.63) is 29.7 Å². The maximum atomic E-state index is 5.34. The summed E-state index contributed by atoms with van der Waals surface area (Å²) in [4.78, 5) is 4.23. The zero-order chi connectivity index (χ0) is 7.84. The number of furan rings is 1. The van der Waals surface area contributed by atoms with E-state index in [-0.39, 0.29) is 0 Å². The lowest BCUT2D eigenvalue weighted by Crippen LogP contribution is -1.77. The maximum absolute atomic E-state index is 5.34. The molecule has 2 heterocycles. The number of aromatic nitrogens is 1. The zero-order valence-corrected chi connectivity index (χ0v) is 6.59. The van der Waals surface area contributed by atoms with E-state index in [4.69, 9.17) is 4.42 Å². The zero-order valence-electron chi connectivity index (χ0n) is 6.59. The minimum atomic E-state index is 0.738. The van der Waals surface area contributed by atoms with Crippen LogP contribution in [0.25, 0.3) is 11.1 Å². The Morgan fingerprint density at radius 1 is 1.27 bits per heavy atom. The number of fused-ring (bicyclic) bond motifs is 1. The first-order chi connectivity index (χ1) is 5.25. The van der Waals surface area contributed by atoms with Crippen molar-refractivity contribution in [2.24, 2.45) is 0 Å². The Morgan fingerprint density at radius 2 is 2.09 bits per heavy atom. The predicted molar refractivity (Wildman–Crippen MR) is 43.5 cm³/mol. The van der Waals surface area contributed by atoms with Gasteiger partial charge < -0.3 is 4.42 Å². The molecule has 0 amide bonds. The quantitative estimate of drug-likeness (QED) is 0.572. The Bertz CT molecular complexity index is 389. The fraction of sp³-hybridized carbons (Fsp3) is 0.222. The molecule has 0 aliphatic carbocycles. The molecule has 0 unspecified atom stereocenters. The summed E-state index contributed by atoms with van der Waals surface area (Å²) in [5.41, 5.74) is 1.73. The van der Waals surface area contributed by atoms with Crippen molar-refractivity contribution in [2.75, 3.05) is 0 Å². The average molecular weight is 147 g/mol. The molecule has 0 fully saturated rings. The SMILES string of the molecule is Cc1ccc2cc(C)oc2n1. The fourth-order valence-corrected chi connectivity index (χ4v) is 1.14. The van der Waals surface area contributed by atoms with Gasteiger partial charge in [0.15, 0.2) is 0 Å². The van der Waals surface area contributed by atoms with Crippen molar-refractivity contribution in [1.82, 2.24) is 4.98 Å². The van der Waals surface area contributed by atoms with E-state index in [2.05, 4.69) is 4.98 Å². The van der Waals surface area contributed by atoms with E-state index in [9.17, 15) is 0 Å². The van der Waals surface area contributed by atoms with Crippen LogP contribution < -0.4 is 0 Å². The summed E-state index contributed by atoms with van der Waals surface area (Å²) in [6.07, 6.45) is 0.